The molecule has 0 saturated carbocycles. The van der Waals surface area contributed by atoms with Crippen LogP contribution in [-0.4, -0.2) is 38.2 Å². The van der Waals surface area contributed by atoms with E-state index in [2.05, 4.69) is 31.4 Å². The molecule has 8 nitrogen and oxygen atoms in total. The maximum Gasteiger partial charge on any atom is 0.344 e. The number of amides is 3. The number of imide groups is 1. The number of urea groups is 1. The van der Waals surface area contributed by atoms with E-state index in [1.807, 2.05) is 12.1 Å². The minimum absolute atomic E-state index is 0.0183. The fourth-order valence-corrected chi connectivity index (χ4v) is 2.38. The topological polar surface area (TPSA) is 103 Å². The molecule has 2 aromatic rings. The second-order valence-electron chi connectivity index (χ2n) is 7.45. The first kappa shape index (κ1) is 22.7. The Hall–Kier alpha value is -3.55. The highest BCUT2D eigenvalue weighted by Crippen LogP contribution is 2.24. The van der Waals surface area contributed by atoms with E-state index in [9.17, 15) is 14.4 Å². The lowest BCUT2D eigenvalue weighted by Crippen LogP contribution is -2.37. The van der Waals surface area contributed by atoms with E-state index < -0.39 is 24.5 Å². The van der Waals surface area contributed by atoms with Crippen LogP contribution in [0, 0.1) is 0 Å². The fraction of sp³-hybridized carbons (Fsp3) is 0.318. The summed E-state index contributed by atoms with van der Waals surface area (Å²) in [6.07, 6.45) is 0. The van der Waals surface area contributed by atoms with E-state index >= 15 is 0 Å². The van der Waals surface area contributed by atoms with E-state index in [4.69, 9.17) is 14.2 Å². The Morgan fingerprint density at radius 3 is 2.03 bits per heavy atom. The molecule has 0 heterocycles. The van der Waals surface area contributed by atoms with Gasteiger partial charge in [-0.2, -0.15) is 0 Å². The van der Waals surface area contributed by atoms with E-state index in [-0.39, 0.29) is 12.0 Å². The zero-order valence-corrected chi connectivity index (χ0v) is 17.5. The second-order valence-corrected chi connectivity index (χ2v) is 7.45. The molecule has 0 aromatic heterocycles. The van der Waals surface area contributed by atoms with Gasteiger partial charge in [0.15, 0.2) is 13.2 Å². The van der Waals surface area contributed by atoms with Gasteiger partial charge in [-0.3, -0.25) is 10.1 Å². The van der Waals surface area contributed by atoms with Crippen molar-refractivity contribution in [2.45, 2.75) is 26.2 Å². The fourth-order valence-electron chi connectivity index (χ4n) is 2.38. The molecule has 0 saturated heterocycles. The van der Waals surface area contributed by atoms with Crippen molar-refractivity contribution in [2.24, 2.45) is 0 Å². The lowest BCUT2D eigenvalue weighted by Gasteiger charge is -2.19. The van der Waals surface area contributed by atoms with Crippen molar-refractivity contribution in [1.29, 1.82) is 0 Å². The first-order chi connectivity index (χ1) is 14.2. The molecule has 3 amide bonds. The van der Waals surface area contributed by atoms with Gasteiger partial charge in [0.25, 0.3) is 5.91 Å². The molecule has 0 aliphatic heterocycles. The van der Waals surface area contributed by atoms with Crippen molar-refractivity contribution in [3.8, 4) is 11.5 Å². The summed E-state index contributed by atoms with van der Waals surface area (Å²) in [5.41, 5.74) is 1.63. The first-order valence-electron chi connectivity index (χ1n) is 9.31. The molecule has 0 atom stereocenters. The molecular formula is C22H26N2O6. The number of rotatable bonds is 7. The van der Waals surface area contributed by atoms with Crippen molar-refractivity contribution in [2.75, 3.05) is 25.6 Å². The normalized spacial score (nSPS) is 10.7. The van der Waals surface area contributed by atoms with Gasteiger partial charge in [0, 0.05) is 5.69 Å². The Labute approximate surface area is 175 Å². The predicted molar refractivity (Wildman–Crippen MR) is 112 cm³/mol. The predicted octanol–water partition coefficient (Wildman–Crippen LogP) is 3.26. The summed E-state index contributed by atoms with van der Waals surface area (Å²) in [6.45, 7) is 5.36. The Morgan fingerprint density at radius 2 is 1.47 bits per heavy atom. The van der Waals surface area contributed by atoms with Gasteiger partial charge >= 0.3 is 12.0 Å². The maximum absolute atomic E-state index is 11.8. The number of esters is 1. The molecule has 0 radical (unpaired) electrons. The monoisotopic (exact) mass is 414 g/mol. The highest BCUT2D eigenvalue weighted by Gasteiger charge is 2.14. The van der Waals surface area contributed by atoms with Gasteiger partial charge in [-0.25, -0.2) is 9.59 Å². The molecule has 0 bridgehead atoms. The second kappa shape index (κ2) is 10.3. The summed E-state index contributed by atoms with van der Waals surface area (Å²) >= 11 is 0. The molecule has 2 rings (SSSR count). The number of carbonyl (C=O) groups is 3. The number of methoxy groups -OCH3 is 1. The van der Waals surface area contributed by atoms with Crippen LogP contribution < -0.4 is 20.1 Å². The standard InChI is InChI=1S/C22H26N2O6/c1-22(2,3)15-5-9-18(10-6-15)29-14-20(26)30-13-19(25)24-21(27)23-16-7-11-17(28-4)12-8-16/h5-12H,13-14H2,1-4H3,(H2,23,24,25,27). The van der Waals surface area contributed by atoms with Crippen molar-refractivity contribution in [1.82, 2.24) is 5.32 Å². The molecule has 2 N–H and O–H groups in total. The molecule has 30 heavy (non-hydrogen) atoms. The van der Waals surface area contributed by atoms with Gasteiger partial charge < -0.3 is 19.5 Å². The van der Waals surface area contributed by atoms with Crippen LogP contribution >= 0.6 is 0 Å². The number of benzene rings is 2. The molecule has 8 heteroatoms. The highest BCUT2D eigenvalue weighted by molar-refractivity contribution is 6.01. The Morgan fingerprint density at radius 1 is 0.867 bits per heavy atom. The first-order valence-corrected chi connectivity index (χ1v) is 9.31. The SMILES string of the molecule is COc1ccc(NC(=O)NC(=O)COC(=O)COc2ccc(C(C)(C)C)cc2)cc1. The van der Waals surface area contributed by atoms with Crippen molar-refractivity contribution < 1.29 is 28.6 Å². The van der Waals surface area contributed by atoms with Crippen molar-refractivity contribution in [3.63, 3.8) is 0 Å². The zero-order valence-electron chi connectivity index (χ0n) is 17.5. The quantitative estimate of drug-likeness (QED) is 0.674. The lowest BCUT2D eigenvalue weighted by molar-refractivity contribution is -0.150. The molecule has 2 aromatic carbocycles. The van der Waals surface area contributed by atoms with Crippen LogP contribution in [0.25, 0.3) is 0 Å². The smallest absolute Gasteiger partial charge is 0.344 e. The van der Waals surface area contributed by atoms with Gasteiger partial charge in [0.1, 0.15) is 11.5 Å². The van der Waals surface area contributed by atoms with E-state index in [1.54, 1.807) is 36.4 Å². The maximum atomic E-state index is 11.8. The van der Waals surface area contributed by atoms with Gasteiger partial charge in [-0.1, -0.05) is 32.9 Å². The molecule has 0 unspecified atom stereocenters. The molecular weight excluding hydrogens is 388 g/mol. The van der Waals surface area contributed by atoms with Crippen LogP contribution in [0.5, 0.6) is 11.5 Å². The summed E-state index contributed by atoms with van der Waals surface area (Å²) in [5.74, 6) is -0.330. The Kier molecular flexibility index (Phi) is 7.80. The summed E-state index contributed by atoms with van der Waals surface area (Å²) in [6, 6.07) is 13.2. The summed E-state index contributed by atoms with van der Waals surface area (Å²) in [7, 11) is 1.53. The number of hydrogen-bond donors (Lipinski definition) is 2. The van der Waals surface area contributed by atoms with Gasteiger partial charge in [-0.15, -0.1) is 0 Å². The van der Waals surface area contributed by atoms with Gasteiger partial charge in [0.05, 0.1) is 7.11 Å². The number of ether oxygens (including phenoxy) is 3. The minimum atomic E-state index is -0.760. The van der Waals surface area contributed by atoms with E-state index in [0.717, 1.165) is 5.56 Å². The van der Waals surface area contributed by atoms with Crippen molar-refractivity contribution in [3.05, 3.63) is 54.1 Å². The summed E-state index contributed by atoms with van der Waals surface area (Å²) in [5, 5.41) is 4.55. The van der Waals surface area contributed by atoms with Crippen LogP contribution in [0.3, 0.4) is 0 Å². The Balaban J connectivity index is 1.69. The van der Waals surface area contributed by atoms with Crippen LogP contribution in [0.4, 0.5) is 10.5 Å². The average molecular weight is 414 g/mol. The molecule has 0 spiro atoms. The van der Waals surface area contributed by atoms with Crippen LogP contribution in [0.1, 0.15) is 26.3 Å². The lowest BCUT2D eigenvalue weighted by atomic mass is 9.87. The van der Waals surface area contributed by atoms with Crippen molar-refractivity contribution >= 4 is 23.6 Å². The zero-order chi connectivity index (χ0) is 22.1. The minimum Gasteiger partial charge on any atom is -0.497 e. The third kappa shape index (κ3) is 7.46. The molecule has 0 fully saturated rings. The van der Waals surface area contributed by atoms with Crippen LogP contribution in [0.2, 0.25) is 0 Å². The van der Waals surface area contributed by atoms with Crippen LogP contribution in [-0.2, 0) is 19.7 Å². The molecule has 160 valence electrons. The third-order valence-electron chi connectivity index (χ3n) is 4.04. The number of carbonyl (C=O) groups excluding carboxylic acids is 3. The molecule has 0 aliphatic carbocycles. The third-order valence-corrected chi connectivity index (χ3v) is 4.04. The summed E-state index contributed by atoms with van der Waals surface area (Å²) < 4.78 is 15.2. The van der Waals surface area contributed by atoms with Gasteiger partial charge in [0.2, 0.25) is 0 Å². The largest absolute Gasteiger partial charge is 0.497 e. The Bertz CT molecular complexity index is 870. The average Bonchev–Trinajstić information content (AvgIpc) is 2.71. The molecule has 0 aliphatic rings. The number of hydrogen-bond acceptors (Lipinski definition) is 6. The van der Waals surface area contributed by atoms with E-state index in [1.165, 1.54) is 7.11 Å². The van der Waals surface area contributed by atoms with Crippen LogP contribution in [0.15, 0.2) is 48.5 Å². The van der Waals surface area contributed by atoms with Gasteiger partial charge in [-0.05, 0) is 47.4 Å². The van der Waals surface area contributed by atoms with E-state index in [0.29, 0.717) is 17.2 Å². The number of anilines is 1. The number of nitrogens with one attached hydrogen (secondary N) is 2. The highest BCUT2D eigenvalue weighted by atomic mass is 16.6. The summed E-state index contributed by atoms with van der Waals surface area (Å²) in [4.78, 5) is 35.3.